The zero-order chi connectivity index (χ0) is 27.7. The Morgan fingerprint density at radius 2 is 1.58 bits per heavy atom. The summed E-state index contributed by atoms with van der Waals surface area (Å²) in [6, 6.07) is 22.9. The van der Waals surface area contributed by atoms with Crippen LogP contribution in [0.4, 0.5) is 5.69 Å². The first-order chi connectivity index (χ1) is 18.2. The normalized spacial score (nSPS) is 11.9. The second-order valence-electron chi connectivity index (χ2n) is 8.94. The first-order valence-electron chi connectivity index (χ1n) is 12.4. The van der Waals surface area contributed by atoms with Crippen molar-refractivity contribution in [1.82, 2.24) is 10.2 Å². The Morgan fingerprint density at radius 1 is 0.947 bits per heavy atom. The van der Waals surface area contributed by atoms with Crippen LogP contribution in [0.3, 0.4) is 0 Å². The van der Waals surface area contributed by atoms with Gasteiger partial charge < -0.3 is 15.0 Å². The Balaban J connectivity index is 2.06. The van der Waals surface area contributed by atoms with Crippen LogP contribution in [0.5, 0.6) is 5.75 Å². The van der Waals surface area contributed by atoms with Crippen molar-refractivity contribution < 1.29 is 22.7 Å². The molecule has 3 rings (SSSR count). The molecule has 0 aromatic heterocycles. The molecule has 0 saturated heterocycles. The van der Waals surface area contributed by atoms with E-state index in [0.717, 1.165) is 27.3 Å². The van der Waals surface area contributed by atoms with Crippen molar-refractivity contribution in [3.8, 4) is 5.75 Å². The number of aryl methyl sites for hydroxylation is 1. The van der Waals surface area contributed by atoms with Gasteiger partial charge >= 0.3 is 0 Å². The van der Waals surface area contributed by atoms with Gasteiger partial charge in [0.25, 0.3) is 0 Å². The Kier molecular flexibility index (Phi) is 9.90. The van der Waals surface area contributed by atoms with E-state index >= 15 is 0 Å². The average molecular weight is 538 g/mol. The van der Waals surface area contributed by atoms with Crippen molar-refractivity contribution in [3.63, 3.8) is 0 Å². The van der Waals surface area contributed by atoms with Crippen molar-refractivity contribution >= 4 is 27.5 Å². The summed E-state index contributed by atoms with van der Waals surface area (Å²) in [6.07, 6.45) is 1.32. The summed E-state index contributed by atoms with van der Waals surface area (Å²) >= 11 is 0. The minimum atomic E-state index is -3.87. The Hall–Kier alpha value is -3.85. The van der Waals surface area contributed by atoms with E-state index in [-0.39, 0.29) is 24.6 Å². The Bertz CT molecular complexity index is 1350. The number of hydrogen-bond acceptors (Lipinski definition) is 5. The summed E-state index contributed by atoms with van der Waals surface area (Å²) in [7, 11) is -2.35. The van der Waals surface area contributed by atoms with Gasteiger partial charge in [-0.15, -0.1) is 0 Å². The van der Waals surface area contributed by atoms with Gasteiger partial charge in [-0.1, -0.05) is 66.7 Å². The molecule has 2 amide bonds. The number of ether oxygens (including phenoxy) is 1. The first kappa shape index (κ1) is 28.7. The minimum Gasteiger partial charge on any atom is -0.492 e. The number of para-hydroxylation sites is 2. The maximum Gasteiger partial charge on any atom is 0.244 e. The molecule has 8 nitrogen and oxygen atoms in total. The van der Waals surface area contributed by atoms with Crippen LogP contribution >= 0.6 is 0 Å². The fraction of sp³-hybridized carbons (Fsp3) is 0.310. The number of carbonyl (C=O) groups is 2. The molecule has 202 valence electrons. The first-order valence-corrected chi connectivity index (χ1v) is 14.3. The van der Waals surface area contributed by atoms with Crippen molar-refractivity contribution in [2.75, 3.05) is 30.8 Å². The van der Waals surface area contributed by atoms with Crippen LogP contribution in [-0.4, -0.2) is 57.6 Å². The van der Waals surface area contributed by atoms with Crippen molar-refractivity contribution in [3.05, 3.63) is 95.6 Å². The average Bonchev–Trinajstić information content (AvgIpc) is 2.90. The largest absolute Gasteiger partial charge is 0.492 e. The second-order valence-corrected chi connectivity index (χ2v) is 10.8. The lowest BCUT2D eigenvalue weighted by Gasteiger charge is -2.33. The van der Waals surface area contributed by atoms with Gasteiger partial charge in [0, 0.05) is 20.0 Å². The third-order valence-corrected chi connectivity index (χ3v) is 7.36. The highest BCUT2D eigenvalue weighted by Gasteiger charge is 2.33. The zero-order valence-corrected chi connectivity index (χ0v) is 23.1. The highest BCUT2D eigenvalue weighted by Crippen LogP contribution is 2.30. The molecule has 0 unspecified atom stereocenters. The van der Waals surface area contributed by atoms with Gasteiger partial charge in [-0.25, -0.2) is 8.42 Å². The lowest BCUT2D eigenvalue weighted by atomic mass is 10.0. The number of anilines is 1. The van der Waals surface area contributed by atoms with Gasteiger partial charge in [-0.05, 0) is 42.7 Å². The molecule has 0 saturated carbocycles. The van der Waals surface area contributed by atoms with Crippen molar-refractivity contribution in [1.29, 1.82) is 0 Å². The molecule has 0 aliphatic rings. The van der Waals surface area contributed by atoms with E-state index < -0.39 is 28.5 Å². The van der Waals surface area contributed by atoms with E-state index in [1.54, 1.807) is 31.2 Å². The molecule has 0 fully saturated rings. The van der Waals surface area contributed by atoms with Gasteiger partial charge in [-0.2, -0.15) is 0 Å². The quantitative estimate of drug-likeness (QED) is 0.381. The van der Waals surface area contributed by atoms with Crippen LogP contribution in [0.1, 0.15) is 23.6 Å². The van der Waals surface area contributed by atoms with Gasteiger partial charge in [0.1, 0.15) is 18.3 Å². The highest BCUT2D eigenvalue weighted by atomic mass is 32.2. The number of sulfonamides is 1. The van der Waals surface area contributed by atoms with Crippen LogP contribution in [0.2, 0.25) is 0 Å². The van der Waals surface area contributed by atoms with Crippen LogP contribution in [0.25, 0.3) is 0 Å². The summed E-state index contributed by atoms with van der Waals surface area (Å²) in [6.45, 7) is 3.72. The number of amides is 2. The molecule has 9 heteroatoms. The van der Waals surface area contributed by atoms with Gasteiger partial charge in [-0.3, -0.25) is 13.9 Å². The van der Waals surface area contributed by atoms with Gasteiger partial charge in [0.15, 0.2) is 0 Å². The van der Waals surface area contributed by atoms with Crippen LogP contribution < -0.4 is 14.4 Å². The maximum absolute atomic E-state index is 14.0. The predicted molar refractivity (Wildman–Crippen MR) is 150 cm³/mol. The molecule has 3 aromatic carbocycles. The van der Waals surface area contributed by atoms with Crippen LogP contribution in [0, 0.1) is 6.92 Å². The molecule has 0 radical (unpaired) electrons. The third kappa shape index (κ3) is 7.35. The summed E-state index contributed by atoms with van der Waals surface area (Å²) < 4.78 is 32.6. The zero-order valence-electron chi connectivity index (χ0n) is 22.3. The Morgan fingerprint density at radius 3 is 2.21 bits per heavy atom. The standard InChI is InChI=1S/C29H35N3O5S/c1-5-37-27-18-12-11-17-25(27)32(38(4,35)36)21-28(33)31(20-24-16-10-9-13-22(24)2)26(29(34)30-3)19-23-14-7-6-8-15-23/h6-18,26H,5,19-21H2,1-4H3,(H,30,34)/t26-/m1/s1. The number of benzene rings is 3. The second kappa shape index (κ2) is 13.1. The van der Waals surface area contributed by atoms with E-state index in [4.69, 9.17) is 4.74 Å². The third-order valence-electron chi connectivity index (χ3n) is 6.23. The van der Waals surface area contributed by atoms with Crippen molar-refractivity contribution in [2.24, 2.45) is 0 Å². The monoisotopic (exact) mass is 537 g/mol. The molecular weight excluding hydrogens is 502 g/mol. The topological polar surface area (TPSA) is 96.0 Å². The summed E-state index contributed by atoms with van der Waals surface area (Å²) in [5.74, 6) is -0.489. The van der Waals surface area contributed by atoms with E-state index in [1.165, 1.54) is 11.9 Å². The molecule has 3 aromatic rings. The Labute approximate surface area is 225 Å². The minimum absolute atomic E-state index is 0.140. The van der Waals surface area contributed by atoms with Crippen molar-refractivity contribution in [2.45, 2.75) is 32.9 Å². The highest BCUT2D eigenvalue weighted by molar-refractivity contribution is 7.92. The van der Waals surface area contributed by atoms with Gasteiger partial charge in [0.05, 0.1) is 18.6 Å². The fourth-order valence-electron chi connectivity index (χ4n) is 4.23. The van der Waals surface area contributed by atoms with E-state index in [1.807, 2.05) is 61.5 Å². The lowest BCUT2D eigenvalue weighted by Crippen LogP contribution is -2.53. The molecule has 0 spiro atoms. The van der Waals surface area contributed by atoms with Gasteiger partial charge in [0.2, 0.25) is 21.8 Å². The lowest BCUT2D eigenvalue weighted by molar-refractivity contribution is -0.139. The molecular formula is C29H35N3O5S. The molecule has 0 aliphatic carbocycles. The number of rotatable bonds is 12. The van der Waals surface area contributed by atoms with E-state index in [0.29, 0.717) is 12.4 Å². The molecule has 0 heterocycles. The number of nitrogens with one attached hydrogen (secondary N) is 1. The molecule has 1 N–H and O–H groups in total. The van der Waals surface area contributed by atoms with Crippen LogP contribution in [-0.2, 0) is 32.6 Å². The number of carbonyl (C=O) groups excluding carboxylic acids is 2. The fourth-order valence-corrected chi connectivity index (χ4v) is 5.08. The summed E-state index contributed by atoms with van der Waals surface area (Å²) in [5.41, 5.74) is 2.97. The van der Waals surface area contributed by atoms with E-state index in [2.05, 4.69) is 5.32 Å². The molecule has 38 heavy (non-hydrogen) atoms. The summed E-state index contributed by atoms with van der Waals surface area (Å²) in [4.78, 5) is 28.6. The number of likely N-dealkylation sites (N-methyl/N-ethyl adjacent to an activating group) is 1. The van der Waals surface area contributed by atoms with E-state index in [9.17, 15) is 18.0 Å². The predicted octanol–water partition coefficient (Wildman–Crippen LogP) is 3.55. The maximum atomic E-state index is 14.0. The SMILES string of the molecule is CCOc1ccccc1N(CC(=O)N(Cc1ccccc1C)[C@H](Cc1ccccc1)C(=O)NC)S(C)(=O)=O. The molecule has 1 atom stereocenters. The number of nitrogens with zero attached hydrogens (tertiary/aromatic N) is 2. The summed E-state index contributed by atoms with van der Waals surface area (Å²) in [5, 5.41) is 2.68. The smallest absolute Gasteiger partial charge is 0.244 e. The van der Waals surface area contributed by atoms with Crippen LogP contribution in [0.15, 0.2) is 78.9 Å². The molecule has 0 bridgehead atoms. The number of hydrogen-bond donors (Lipinski definition) is 1. The molecule has 0 aliphatic heterocycles.